The van der Waals surface area contributed by atoms with Gasteiger partial charge in [0.2, 0.25) is 24.0 Å². The lowest BCUT2D eigenvalue weighted by Crippen LogP contribution is -2.70. The van der Waals surface area contributed by atoms with Crippen molar-refractivity contribution < 1.29 is 231 Å². The number of rotatable bonds is 40. The predicted molar refractivity (Wildman–Crippen MR) is 397 cm³/mol. The summed E-state index contributed by atoms with van der Waals surface area (Å²) < 4.78 is 119. The zero-order valence-electron chi connectivity index (χ0n) is 68.4. The number of nitrogens with two attached hydrogens (primary N) is 1. The second-order valence-electron chi connectivity index (χ2n) is 31.7. The van der Waals surface area contributed by atoms with Crippen molar-refractivity contribution in [2.75, 3.05) is 106 Å². The van der Waals surface area contributed by atoms with Crippen molar-refractivity contribution >= 4 is 29.5 Å². The first-order valence-corrected chi connectivity index (χ1v) is 40.9. The van der Waals surface area contributed by atoms with E-state index in [9.17, 15) is 137 Å². The summed E-state index contributed by atoms with van der Waals surface area (Å²) in [6, 6.07) is -6.42. The molecule has 9 saturated heterocycles. The first-order chi connectivity index (χ1) is 59.5. The molecule has 0 aliphatic carbocycles. The Hall–Kier alpha value is -4.37. The van der Waals surface area contributed by atoms with Gasteiger partial charge in [-0.1, -0.05) is 0 Å². The van der Waals surface area contributed by atoms with Crippen LogP contribution in [0.25, 0.3) is 0 Å². The Balaban J connectivity index is 0.892. The maximum atomic E-state index is 14.3. The zero-order valence-corrected chi connectivity index (χ0v) is 68.4. The highest BCUT2D eigenvalue weighted by molar-refractivity contribution is 5.84. The summed E-state index contributed by atoms with van der Waals surface area (Å²) >= 11 is 0. The lowest BCUT2D eigenvalue weighted by molar-refractivity contribution is -0.395. The number of carbonyl (C=O) groups is 4. The van der Waals surface area contributed by atoms with Gasteiger partial charge in [-0.15, -0.1) is 0 Å². The minimum atomic E-state index is -2.78. The molecule has 722 valence electrons. The van der Waals surface area contributed by atoms with E-state index in [0.717, 1.165) is 20.8 Å². The third-order valence-corrected chi connectivity index (χ3v) is 22.9. The van der Waals surface area contributed by atoms with Gasteiger partial charge in [0.1, 0.15) is 171 Å². The Morgan fingerprint density at radius 1 is 0.448 bits per heavy atom. The molecule has 53 nitrogen and oxygen atoms in total. The summed E-state index contributed by atoms with van der Waals surface area (Å²) in [7, 11) is 0. The summed E-state index contributed by atoms with van der Waals surface area (Å²) in [6.45, 7) is -2.85. The van der Waals surface area contributed by atoms with E-state index in [1.165, 1.54) is 6.92 Å². The molecule has 0 aromatic rings. The molecule has 10 aliphatic rings. The molecule has 43 atom stereocenters. The van der Waals surface area contributed by atoms with Crippen molar-refractivity contribution in [1.29, 1.82) is 0 Å². The van der Waals surface area contributed by atoms with Crippen LogP contribution in [0.5, 0.6) is 0 Å². The fraction of sp³-hybridized carbons (Fsp3) is 0.931. The number of hydrogen-bond acceptors (Lipinski definition) is 49. The van der Waals surface area contributed by atoms with Crippen molar-refractivity contribution in [2.45, 2.75) is 310 Å². The molecule has 37 unspecified atom stereocenters. The SMILES string of the molecule is CC(=O)NC1C(CC2C(OCC3OC(OC4C(CO)OC5OC(C)=NC5C4O)C(O)C(O[C@H]4O[C@@H](CO)C(O)C(O)C4OC4OC(CO)C(OC5OC(CO[C@]6(C(=O)NCCOCCOCCOCCN)C[C@@H](O)C(NC(C)=O)C(C(O)O)O6)C(O)C(O)C5O)C(O)C4NC(C)=O)C3O)OC(CO)C(O)C2O)OC(CO)C(O[C@H]2C[C@@H](O)C(O)C(CO)O2)C1O. The van der Waals surface area contributed by atoms with Crippen molar-refractivity contribution in [1.82, 2.24) is 21.3 Å². The van der Waals surface area contributed by atoms with Gasteiger partial charge in [0.15, 0.2) is 49.9 Å². The Labute approximate surface area is 712 Å². The number of carbonyl (C=O) groups excluding carboxylic acids is 4. The number of aliphatic hydroxyl groups is 23. The number of ether oxygens (including phenoxy) is 20. The Bertz CT molecular complexity index is 3370. The molecule has 0 saturated carbocycles. The third kappa shape index (κ3) is 24.6. The Kier molecular flexibility index (Phi) is 38.5. The molecule has 10 heterocycles. The van der Waals surface area contributed by atoms with Crippen LogP contribution in [0.15, 0.2) is 4.99 Å². The van der Waals surface area contributed by atoms with Gasteiger partial charge in [0.05, 0.1) is 129 Å². The van der Waals surface area contributed by atoms with Gasteiger partial charge >= 0.3 is 0 Å². The van der Waals surface area contributed by atoms with Crippen LogP contribution in [-0.2, 0) is 114 Å². The number of hydrogen-bond donors (Lipinski definition) is 28. The molecule has 0 aromatic heterocycles. The maximum Gasteiger partial charge on any atom is 0.280 e. The van der Waals surface area contributed by atoms with Crippen LogP contribution in [-0.4, -0.2) is 516 Å². The molecule has 9 fully saturated rings. The van der Waals surface area contributed by atoms with Crippen molar-refractivity contribution in [3.8, 4) is 0 Å². The lowest BCUT2D eigenvalue weighted by atomic mass is 9.82. The van der Waals surface area contributed by atoms with Gasteiger partial charge < -0.3 is 239 Å². The van der Waals surface area contributed by atoms with E-state index in [1.54, 1.807) is 0 Å². The predicted octanol–water partition coefficient (Wildman–Crippen LogP) is -18.2. The van der Waals surface area contributed by atoms with Crippen molar-refractivity contribution in [2.24, 2.45) is 16.6 Å². The minimum absolute atomic E-state index is 0.0349. The normalized spacial score (nSPS) is 44.9. The molecule has 4 amide bonds. The highest BCUT2D eigenvalue weighted by atomic mass is 16.8. The van der Waals surface area contributed by atoms with Crippen LogP contribution < -0.4 is 27.0 Å². The van der Waals surface area contributed by atoms with Crippen molar-refractivity contribution in [3.05, 3.63) is 0 Å². The molecule has 10 rings (SSSR count). The first-order valence-electron chi connectivity index (χ1n) is 40.9. The van der Waals surface area contributed by atoms with Crippen LogP contribution in [0.2, 0.25) is 0 Å². The van der Waals surface area contributed by atoms with E-state index >= 15 is 0 Å². The summed E-state index contributed by atoms with van der Waals surface area (Å²) in [5, 5.41) is 269. The van der Waals surface area contributed by atoms with Gasteiger partial charge in [0, 0.05) is 59.5 Å². The molecule has 0 spiro atoms. The van der Waals surface area contributed by atoms with E-state index in [2.05, 4.69) is 26.3 Å². The molecule has 0 radical (unpaired) electrons. The molecular formula is C72H122N6O47. The monoisotopic (exact) mass is 1820 g/mol. The van der Waals surface area contributed by atoms with E-state index < -0.39 is 365 Å². The number of nitrogens with zero attached hydrogens (tertiary/aromatic N) is 1. The first kappa shape index (κ1) is 103. The summed E-state index contributed by atoms with van der Waals surface area (Å²) in [6.07, 6.45) is -76.5. The molecule has 0 aromatic carbocycles. The van der Waals surface area contributed by atoms with Gasteiger partial charge in [-0.3, -0.25) is 19.2 Å². The molecule has 10 aliphatic heterocycles. The van der Waals surface area contributed by atoms with Crippen LogP contribution in [0.4, 0.5) is 0 Å². The quantitative estimate of drug-likeness (QED) is 0.0200. The number of amides is 4. The number of fused-ring (bicyclic) bond motifs is 1. The lowest BCUT2D eigenvalue weighted by Gasteiger charge is -2.51. The minimum Gasteiger partial charge on any atom is -0.450 e. The highest BCUT2D eigenvalue weighted by Crippen LogP contribution is 2.42. The fourth-order valence-electron chi connectivity index (χ4n) is 16.5. The summed E-state index contributed by atoms with van der Waals surface area (Å²) in [5.74, 6) is -8.09. The average molecular weight is 1820 g/mol. The van der Waals surface area contributed by atoms with Crippen LogP contribution in [0.1, 0.15) is 47.0 Å². The summed E-state index contributed by atoms with van der Waals surface area (Å²) in [5.41, 5.74) is 5.41. The molecular weight excluding hydrogens is 1700 g/mol. The van der Waals surface area contributed by atoms with Gasteiger partial charge in [-0.05, 0) is 6.42 Å². The second kappa shape index (κ2) is 46.8. The van der Waals surface area contributed by atoms with Crippen molar-refractivity contribution in [3.63, 3.8) is 0 Å². The second-order valence-corrected chi connectivity index (χ2v) is 31.7. The molecule has 29 N–H and O–H groups in total. The largest absolute Gasteiger partial charge is 0.450 e. The molecule has 125 heavy (non-hydrogen) atoms. The Morgan fingerprint density at radius 3 is 1.54 bits per heavy atom. The van der Waals surface area contributed by atoms with Crippen LogP contribution >= 0.6 is 0 Å². The zero-order chi connectivity index (χ0) is 91.3. The Morgan fingerprint density at radius 2 is 0.936 bits per heavy atom. The highest BCUT2D eigenvalue weighted by Gasteiger charge is 2.62. The van der Waals surface area contributed by atoms with Crippen LogP contribution in [0, 0.1) is 5.92 Å². The average Bonchev–Trinajstić information content (AvgIpc) is 1.64. The number of aliphatic hydroxyl groups excluding tert-OH is 22. The fourth-order valence-corrected chi connectivity index (χ4v) is 16.5. The standard InChI is InChI=1S/C72H122N6O47/c1-24(85)75-41-30(89)15-72(125-61(41)64(103)104,71(105)74-6-8-107-10-12-108-11-9-106-7-5-73)110-23-39-49(94)54(99)56(101)68(119-39)121-59-37(21-84)117-67(43(52(59)97)77-26(3)87)124-63-55(100)48(93)34(18-81)115-70(63)123-62-50(95)38(118-69(57(62)102)122-60-36(20-83)116-66-44(53(60)98)78-27(4)111-66)22-109-65-28(45(90)47(92)33(17-80)114-65)13-31-42(76-25(2)86)51(96)58(35(19-82)112-31)120-40-14-29(88)46(91)32(16-79)113-40/h28-70,79-84,88-104H,5-23,73H2,1-4H3,(H,74,105)(H,75,85)(H,76,86)(H,77,87)/t28?,29-,30-,31?,32?,33?,34+,35?,36?,37?,38?,39?,40+,41?,42?,43?,44?,45?,46?,47?,48?,49?,50?,51?,52?,53?,54?,55?,56?,57?,58?,59?,60?,61?,62?,63?,65?,66?,67?,68?,69?,70-,72-/m1/s1. The van der Waals surface area contributed by atoms with Gasteiger partial charge in [0.25, 0.3) is 11.7 Å². The smallest absolute Gasteiger partial charge is 0.280 e. The van der Waals surface area contributed by atoms with E-state index in [0.29, 0.717) is 13.2 Å². The van der Waals surface area contributed by atoms with Crippen LogP contribution in [0.3, 0.4) is 0 Å². The van der Waals surface area contributed by atoms with E-state index in [4.69, 9.17) is 100 Å². The third-order valence-electron chi connectivity index (χ3n) is 22.9. The summed E-state index contributed by atoms with van der Waals surface area (Å²) in [4.78, 5) is 56.9. The topological polar surface area (TPSA) is 805 Å². The maximum absolute atomic E-state index is 14.3. The molecule has 0 bridgehead atoms. The van der Waals surface area contributed by atoms with E-state index in [1.807, 2.05) is 0 Å². The number of aliphatic imine (C=N–C) groups is 1. The van der Waals surface area contributed by atoms with Gasteiger partial charge in [-0.25, -0.2) is 4.99 Å². The number of nitrogens with one attached hydrogen (secondary N) is 4. The molecule has 53 heteroatoms. The van der Waals surface area contributed by atoms with Gasteiger partial charge in [-0.2, -0.15) is 0 Å². The van der Waals surface area contributed by atoms with E-state index in [-0.39, 0.29) is 45.5 Å².